The number of rotatable bonds is 5. The van der Waals surface area contributed by atoms with Gasteiger partial charge in [-0.15, -0.1) is 5.10 Å². The molecule has 0 bridgehead atoms. The third kappa shape index (κ3) is 3.59. The van der Waals surface area contributed by atoms with Crippen molar-refractivity contribution in [2.75, 3.05) is 5.32 Å². The predicted molar refractivity (Wildman–Crippen MR) is 103 cm³/mol. The van der Waals surface area contributed by atoms with Crippen LogP contribution in [0, 0.1) is 27.7 Å². The molecule has 6 heteroatoms. The van der Waals surface area contributed by atoms with Crippen LogP contribution < -0.4 is 5.32 Å². The molecule has 0 saturated carbocycles. The maximum Gasteiger partial charge on any atom is 0.252 e. The number of hydrogen-bond acceptors (Lipinski definition) is 4. The highest BCUT2D eigenvalue weighted by Crippen LogP contribution is 2.17. The van der Waals surface area contributed by atoms with Gasteiger partial charge in [0.1, 0.15) is 0 Å². The summed E-state index contributed by atoms with van der Waals surface area (Å²) >= 11 is 0. The monoisotopic (exact) mass is 351 g/mol. The molecule has 136 valence electrons. The Morgan fingerprint density at radius 1 is 1.12 bits per heavy atom. The highest BCUT2D eigenvalue weighted by molar-refractivity contribution is 5.92. The summed E-state index contributed by atoms with van der Waals surface area (Å²) in [6, 6.07) is 5.93. The summed E-state index contributed by atoms with van der Waals surface area (Å²) in [5.74, 6) is 1.33. The van der Waals surface area contributed by atoms with E-state index in [0.29, 0.717) is 5.78 Å². The highest BCUT2D eigenvalue weighted by Gasteiger charge is 2.16. The molecule has 0 unspecified atom stereocenters. The van der Waals surface area contributed by atoms with Crippen molar-refractivity contribution in [3.8, 4) is 0 Å². The zero-order valence-corrected chi connectivity index (χ0v) is 16.1. The lowest BCUT2D eigenvalue weighted by Crippen LogP contribution is -2.18. The minimum atomic E-state index is -0.0606. The van der Waals surface area contributed by atoms with Gasteiger partial charge in [-0.1, -0.05) is 13.0 Å². The van der Waals surface area contributed by atoms with Crippen LogP contribution in [0.25, 0.3) is 5.78 Å². The fourth-order valence-corrected chi connectivity index (χ4v) is 3.02. The van der Waals surface area contributed by atoms with Gasteiger partial charge in [-0.25, -0.2) is 9.50 Å². The third-order valence-corrected chi connectivity index (χ3v) is 4.69. The minimum absolute atomic E-state index is 0.0606. The largest absolute Gasteiger partial charge is 0.326 e. The Bertz CT molecular complexity index is 974. The van der Waals surface area contributed by atoms with Crippen LogP contribution in [0.2, 0.25) is 0 Å². The summed E-state index contributed by atoms with van der Waals surface area (Å²) in [7, 11) is 0. The number of anilines is 1. The van der Waals surface area contributed by atoms with Crippen molar-refractivity contribution in [1.82, 2.24) is 19.6 Å². The van der Waals surface area contributed by atoms with E-state index in [9.17, 15) is 4.79 Å². The molecule has 2 heterocycles. The predicted octanol–water partition coefficient (Wildman–Crippen LogP) is 3.49. The minimum Gasteiger partial charge on any atom is -0.326 e. The fourth-order valence-electron chi connectivity index (χ4n) is 3.02. The van der Waals surface area contributed by atoms with E-state index in [1.807, 2.05) is 39.0 Å². The second kappa shape index (κ2) is 7.23. The molecule has 0 aliphatic rings. The topological polar surface area (TPSA) is 72.2 Å². The van der Waals surface area contributed by atoms with E-state index >= 15 is 0 Å². The molecule has 1 amide bonds. The molecule has 0 aliphatic heterocycles. The van der Waals surface area contributed by atoms with Crippen molar-refractivity contribution >= 4 is 17.4 Å². The summed E-state index contributed by atoms with van der Waals surface area (Å²) in [5, 5.41) is 7.50. The Labute approximate surface area is 153 Å². The van der Waals surface area contributed by atoms with Crippen molar-refractivity contribution in [2.24, 2.45) is 0 Å². The maximum atomic E-state index is 12.5. The average Bonchev–Trinajstić information content (AvgIpc) is 2.98. The van der Waals surface area contributed by atoms with Crippen molar-refractivity contribution in [2.45, 2.75) is 53.9 Å². The lowest BCUT2D eigenvalue weighted by atomic mass is 10.1. The number of aryl methyl sites for hydroxylation is 5. The van der Waals surface area contributed by atoms with Crippen LogP contribution in [0.4, 0.5) is 5.69 Å². The zero-order valence-electron chi connectivity index (χ0n) is 16.1. The molecule has 0 aliphatic carbocycles. The number of fused-ring (bicyclic) bond motifs is 1. The normalized spacial score (nSPS) is 11.1. The van der Waals surface area contributed by atoms with E-state index in [-0.39, 0.29) is 12.3 Å². The van der Waals surface area contributed by atoms with Crippen LogP contribution >= 0.6 is 0 Å². The van der Waals surface area contributed by atoms with E-state index < -0.39 is 0 Å². The summed E-state index contributed by atoms with van der Waals surface area (Å²) in [4.78, 5) is 21.5. The molecule has 6 nitrogen and oxygen atoms in total. The Hall–Kier alpha value is -2.76. The Balaban J connectivity index is 1.85. The van der Waals surface area contributed by atoms with Crippen LogP contribution in [-0.2, 0) is 17.6 Å². The molecule has 0 atom stereocenters. The van der Waals surface area contributed by atoms with Gasteiger partial charge >= 0.3 is 0 Å². The molecule has 1 aromatic carbocycles. The maximum absolute atomic E-state index is 12.5. The quantitative estimate of drug-likeness (QED) is 0.764. The standard InChI is InChI=1S/C20H25N5O/c1-6-7-18-23-20-21-14(4)17(15(5)25(20)24-18)11-19(26)22-16-9-8-12(2)13(3)10-16/h8-10H,6-7,11H2,1-5H3,(H,22,26). The summed E-state index contributed by atoms with van der Waals surface area (Å²) in [6.07, 6.45) is 2.07. The molecule has 3 aromatic rings. The van der Waals surface area contributed by atoms with Gasteiger partial charge in [0.25, 0.3) is 5.78 Å². The van der Waals surface area contributed by atoms with Gasteiger partial charge < -0.3 is 5.32 Å². The van der Waals surface area contributed by atoms with E-state index in [0.717, 1.165) is 46.9 Å². The summed E-state index contributed by atoms with van der Waals surface area (Å²) in [6.45, 7) is 10.1. The lowest BCUT2D eigenvalue weighted by Gasteiger charge is -2.11. The number of carbonyl (C=O) groups excluding carboxylic acids is 1. The van der Waals surface area contributed by atoms with Crippen molar-refractivity contribution < 1.29 is 4.79 Å². The number of nitrogens with zero attached hydrogens (tertiary/aromatic N) is 4. The zero-order chi connectivity index (χ0) is 18.8. The molecule has 2 aromatic heterocycles. The van der Waals surface area contributed by atoms with Gasteiger partial charge in [0.2, 0.25) is 5.91 Å². The molecule has 26 heavy (non-hydrogen) atoms. The second-order valence-corrected chi connectivity index (χ2v) is 6.78. The van der Waals surface area contributed by atoms with Gasteiger partial charge in [-0.3, -0.25) is 4.79 Å². The first kappa shape index (κ1) is 18.0. The average molecular weight is 351 g/mol. The van der Waals surface area contributed by atoms with E-state index in [2.05, 4.69) is 34.2 Å². The Morgan fingerprint density at radius 2 is 1.88 bits per heavy atom. The number of nitrogens with one attached hydrogen (secondary N) is 1. The highest BCUT2D eigenvalue weighted by atomic mass is 16.1. The van der Waals surface area contributed by atoms with Crippen LogP contribution in [0.3, 0.4) is 0 Å². The number of hydrogen-bond donors (Lipinski definition) is 1. The summed E-state index contributed by atoms with van der Waals surface area (Å²) < 4.78 is 1.75. The number of carbonyl (C=O) groups is 1. The molecule has 0 fully saturated rings. The van der Waals surface area contributed by atoms with Crippen LogP contribution in [-0.4, -0.2) is 25.5 Å². The number of benzene rings is 1. The van der Waals surface area contributed by atoms with E-state index in [1.165, 1.54) is 5.56 Å². The molecular weight excluding hydrogens is 326 g/mol. The van der Waals surface area contributed by atoms with Gasteiger partial charge in [0, 0.05) is 29.1 Å². The Morgan fingerprint density at radius 3 is 2.58 bits per heavy atom. The van der Waals surface area contributed by atoms with Crippen molar-refractivity contribution in [3.63, 3.8) is 0 Å². The molecule has 3 rings (SSSR count). The van der Waals surface area contributed by atoms with Crippen LogP contribution in [0.15, 0.2) is 18.2 Å². The van der Waals surface area contributed by atoms with E-state index in [1.54, 1.807) is 4.52 Å². The van der Waals surface area contributed by atoms with Gasteiger partial charge in [-0.05, 0) is 57.4 Å². The van der Waals surface area contributed by atoms with Crippen molar-refractivity contribution in [3.05, 3.63) is 52.1 Å². The summed E-state index contributed by atoms with van der Waals surface area (Å²) in [5.41, 5.74) is 5.81. The van der Waals surface area contributed by atoms with E-state index in [4.69, 9.17) is 0 Å². The van der Waals surface area contributed by atoms with Crippen LogP contribution in [0.5, 0.6) is 0 Å². The van der Waals surface area contributed by atoms with Crippen LogP contribution in [0.1, 0.15) is 47.2 Å². The smallest absolute Gasteiger partial charge is 0.252 e. The second-order valence-electron chi connectivity index (χ2n) is 6.78. The fraction of sp³-hybridized carbons (Fsp3) is 0.400. The first-order chi connectivity index (χ1) is 12.4. The first-order valence-corrected chi connectivity index (χ1v) is 8.98. The Kier molecular flexibility index (Phi) is 5.02. The lowest BCUT2D eigenvalue weighted by molar-refractivity contribution is -0.115. The SMILES string of the molecule is CCCc1nc2nc(C)c(CC(=O)Nc3ccc(C)c(C)c3)c(C)n2n1. The molecule has 1 N–H and O–H groups in total. The molecular formula is C20H25N5O. The molecule has 0 spiro atoms. The van der Waals surface area contributed by atoms with Crippen molar-refractivity contribution in [1.29, 1.82) is 0 Å². The third-order valence-electron chi connectivity index (χ3n) is 4.69. The number of aromatic nitrogens is 4. The first-order valence-electron chi connectivity index (χ1n) is 8.98. The molecule has 0 saturated heterocycles. The van der Waals surface area contributed by atoms with Gasteiger partial charge in [0.15, 0.2) is 5.82 Å². The van der Waals surface area contributed by atoms with Gasteiger partial charge in [-0.2, -0.15) is 4.98 Å². The van der Waals surface area contributed by atoms with Gasteiger partial charge in [0.05, 0.1) is 6.42 Å². The number of amides is 1. The molecule has 0 radical (unpaired) electrons.